The van der Waals surface area contributed by atoms with Gasteiger partial charge in [0.15, 0.2) is 11.6 Å². The smallest absolute Gasteiger partial charge is 0.159 e. The van der Waals surface area contributed by atoms with E-state index in [2.05, 4.69) is 5.32 Å². The van der Waals surface area contributed by atoms with Crippen molar-refractivity contribution in [3.8, 4) is 0 Å². The van der Waals surface area contributed by atoms with E-state index in [0.717, 1.165) is 17.3 Å². The van der Waals surface area contributed by atoms with Crippen LogP contribution in [0.1, 0.15) is 24.2 Å². The van der Waals surface area contributed by atoms with Crippen molar-refractivity contribution in [1.29, 1.82) is 0 Å². The van der Waals surface area contributed by atoms with E-state index in [1.165, 1.54) is 6.07 Å². The number of hydrogen-bond donors (Lipinski definition) is 1. The van der Waals surface area contributed by atoms with Crippen LogP contribution in [0.3, 0.4) is 0 Å². The average Bonchev–Trinajstić information content (AvgIpc) is 2.75. The van der Waals surface area contributed by atoms with E-state index >= 15 is 0 Å². The molecule has 1 aromatic carbocycles. The third-order valence-electron chi connectivity index (χ3n) is 3.08. The Morgan fingerprint density at radius 2 is 2.00 bits per heavy atom. The number of nitrogens with zero attached hydrogens (tertiary/aromatic N) is 1. The fraction of sp³-hybridized carbons (Fsp3) is 0.286. The molecule has 0 fully saturated rings. The molecule has 0 saturated carbocycles. The highest BCUT2D eigenvalue weighted by Crippen LogP contribution is 2.16. The fourth-order valence-corrected chi connectivity index (χ4v) is 1.84. The van der Waals surface area contributed by atoms with E-state index in [-0.39, 0.29) is 6.04 Å². The Balaban J connectivity index is 2.01. The highest BCUT2D eigenvalue weighted by molar-refractivity contribution is 5.21. The molecule has 1 N–H and O–H groups in total. The van der Waals surface area contributed by atoms with Gasteiger partial charge in [0.05, 0.1) is 0 Å². The summed E-state index contributed by atoms with van der Waals surface area (Å²) in [5.74, 6) is -1.62. The molecule has 0 saturated heterocycles. The Kier molecular flexibility index (Phi) is 3.77. The van der Waals surface area contributed by atoms with E-state index in [1.807, 2.05) is 36.9 Å². The minimum absolute atomic E-state index is 0.0324. The summed E-state index contributed by atoms with van der Waals surface area (Å²) in [6, 6.07) is 7.95. The lowest BCUT2D eigenvalue weighted by atomic mass is 10.1. The Morgan fingerprint density at radius 1 is 1.22 bits per heavy atom. The number of hydrogen-bond acceptors (Lipinski definition) is 1. The molecule has 1 unspecified atom stereocenters. The summed E-state index contributed by atoms with van der Waals surface area (Å²) in [5.41, 5.74) is 1.88. The lowest BCUT2D eigenvalue weighted by Gasteiger charge is -2.15. The quantitative estimate of drug-likeness (QED) is 0.882. The number of benzene rings is 1. The van der Waals surface area contributed by atoms with Crippen LogP contribution >= 0.6 is 0 Å². The molecule has 4 heteroatoms. The average molecular weight is 250 g/mol. The van der Waals surface area contributed by atoms with Crippen LogP contribution < -0.4 is 5.32 Å². The molecule has 1 atom stereocenters. The summed E-state index contributed by atoms with van der Waals surface area (Å²) in [4.78, 5) is 0. The first-order chi connectivity index (χ1) is 8.58. The second kappa shape index (κ2) is 5.31. The molecule has 2 rings (SSSR count). The first kappa shape index (κ1) is 12.8. The second-order valence-electron chi connectivity index (χ2n) is 4.39. The van der Waals surface area contributed by atoms with Crippen molar-refractivity contribution in [3.63, 3.8) is 0 Å². The molecule has 0 spiro atoms. The van der Waals surface area contributed by atoms with Gasteiger partial charge in [0, 0.05) is 31.5 Å². The molecule has 2 aromatic rings. The second-order valence-corrected chi connectivity index (χ2v) is 4.39. The van der Waals surface area contributed by atoms with E-state index in [0.29, 0.717) is 6.54 Å². The summed E-state index contributed by atoms with van der Waals surface area (Å²) in [6.45, 7) is 2.61. The predicted octanol–water partition coefficient (Wildman–Crippen LogP) is 3.15. The maximum absolute atomic E-state index is 13.1. The highest BCUT2D eigenvalue weighted by atomic mass is 19.2. The van der Waals surface area contributed by atoms with Crippen molar-refractivity contribution in [3.05, 3.63) is 59.4 Å². The van der Waals surface area contributed by atoms with E-state index in [4.69, 9.17) is 0 Å². The third kappa shape index (κ3) is 2.76. The maximum Gasteiger partial charge on any atom is 0.159 e. The van der Waals surface area contributed by atoms with Crippen molar-refractivity contribution >= 4 is 0 Å². The highest BCUT2D eigenvalue weighted by Gasteiger charge is 2.09. The van der Waals surface area contributed by atoms with Crippen molar-refractivity contribution in [2.45, 2.75) is 19.5 Å². The van der Waals surface area contributed by atoms with E-state index in [9.17, 15) is 8.78 Å². The summed E-state index contributed by atoms with van der Waals surface area (Å²) in [7, 11) is 1.97. The van der Waals surface area contributed by atoms with Gasteiger partial charge in [0.1, 0.15) is 0 Å². The molecule has 1 heterocycles. The monoisotopic (exact) mass is 250 g/mol. The normalized spacial score (nSPS) is 12.7. The Labute approximate surface area is 105 Å². The number of rotatable bonds is 4. The van der Waals surface area contributed by atoms with Crippen molar-refractivity contribution in [2.24, 2.45) is 7.05 Å². The van der Waals surface area contributed by atoms with Crippen LogP contribution in [0.4, 0.5) is 8.78 Å². The molecule has 0 aliphatic rings. The van der Waals surface area contributed by atoms with Crippen LogP contribution in [0, 0.1) is 11.6 Å². The summed E-state index contributed by atoms with van der Waals surface area (Å²) in [6.07, 6.45) is 1.97. The van der Waals surface area contributed by atoms with Gasteiger partial charge in [-0.05, 0) is 36.8 Å². The predicted molar refractivity (Wildman–Crippen MR) is 67.0 cm³/mol. The Morgan fingerprint density at radius 3 is 2.61 bits per heavy atom. The molecule has 96 valence electrons. The minimum Gasteiger partial charge on any atom is -0.353 e. The minimum atomic E-state index is -0.812. The molecule has 2 nitrogen and oxygen atoms in total. The van der Waals surface area contributed by atoms with Crippen molar-refractivity contribution < 1.29 is 8.78 Å². The number of aryl methyl sites for hydroxylation is 1. The van der Waals surface area contributed by atoms with Gasteiger partial charge in [-0.3, -0.25) is 0 Å². The number of halogens is 2. The topological polar surface area (TPSA) is 17.0 Å². The van der Waals surface area contributed by atoms with Gasteiger partial charge in [0.25, 0.3) is 0 Å². The zero-order valence-electron chi connectivity index (χ0n) is 10.5. The van der Waals surface area contributed by atoms with Gasteiger partial charge in [-0.25, -0.2) is 8.78 Å². The molecule has 0 bridgehead atoms. The molecule has 1 aromatic heterocycles. The van der Waals surface area contributed by atoms with Crippen molar-refractivity contribution in [1.82, 2.24) is 9.88 Å². The van der Waals surface area contributed by atoms with Gasteiger partial charge in [-0.1, -0.05) is 6.07 Å². The van der Waals surface area contributed by atoms with Gasteiger partial charge >= 0.3 is 0 Å². The van der Waals surface area contributed by atoms with Gasteiger partial charge in [-0.15, -0.1) is 0 Å². The SMILES string of the molecule is CC(NCc1cccn1C)c1ccc(F)c(F)c1. The first-order valence-corrected chi connectivity index (χ1v) is 5.86. The van der Waals surface area contributed by atoms with Gasteiger partial charge in [-0.2, -0.15) is 0 Å². The molecule has 0 aliphatic heterocycles. The number of nitrogens with one attached hydrogen (secondary N) is 1. The largest absolute Gasteiger partial charge is 0.353 e. The maximum atomic E-state index is 13.1. The third-order valence-corrected chi connectivity index (χ3v) is 3.08. The fourth-order valence-electron chi connectivity index (χ4n) is 1.84. The van der Waals surface area contributed by atoms with Crippen LogP contribution in [0.5, 0.6) is 0 Å². The summed E-state index contributed by atoms with van der Waals surface area (Å²) >= 11 is 0. The molecule has 18 heavy (non-hydrogen) atoms. The lowest BCUT2D eigenvalue weighted by molar-refractivity contribution is 0.499. The number of aromatic nitrogens is 1. The molecule has 0 aliphatic carbocycles. The Bertz CT molecular complexity index is 534. The standard InChI is InChI=1S/C14H16F2N2/c1-10(11-5-6-13(15)14(16)8-11)17-9-12-4-3-7-18(12)2/h3-8,10,17H,9H2,1-2H3. The molecular weight excluding hydrogens is 234 g/mol. The van der Waals surface area contributed by atoms with Crippen LogP contribution in [-0.4, -0.2) is 4.57 Å². The van der Waals surface area contributed by atoms with E-state index < -0.39 is 11.6 Å². The molecule has 0 radical (unpaired) electrons. The Hall–Kier alpha value is -1.68. The first-order valence-electron chi connectivity index (χ1n) is 5.86. The van der Waals surface area contributed by atoms with Crippen LogP contribution in [0.25, 0.3) is 0 Å². The van der Waals surface area contributed by atoms with Crippen LogP contribution in [-0.2, 0) is 13.6 Å². The summed E-state index contributed by atoms with van der Waals surface area (Å²) in [5, 5.41) is 3.28. The van der Waals surface area contributed by atoms with E-state index in [1.54, 1.807) is 6.07 Å². The zero-order valence-corrected chi connectivity index (χ0v) is 10.5. The molecule has 0 amide bonds. The zero-order chi connectivity index (χ0) is 13.1. The lowest BCUT2D eigenvalue weighted by Crippen LogP contribution is -2.19. The van der Waals surface area contributed by atoms with Crippen molar-refractivity contribution in [2.75, 3.05) is 0 Å². The van der Waals surface area contributed by atoms with Gasteiger partial charge in [0.2, 0.25) is 0 Å². The van der Waals surface area contributed by atoms with Crippen LogP contribution in [0.2, 0.25) is 0 Å². The van der Waals surface area contributed by atoms with Crippen LogP contribution in [0.15, 0.2) is 36.5 Å². The molecular formula is C14H16F2N2. The van der Waals surface area contributed by atoms with Gasteiger partial charge < -0.3 is 9.88 Å². The summed E-state index contributed by atoms with van der Waals surface area (Å²) < 4.78 is 28.0.